The second-order valence-corrected chi connectivity index (χ2v) is 6.87. The monoisotopic (exact) mass is 404 g/mol. The van der Waals surface area contributed by atoms with Gasteiger partial charge in [-0.1, -0.05) is 18.6 Å². The molecule has 28 heavy (non-hydrogen) atoms. The Labute approximate surface area is 168 Å². The summed E-state index contributed by atoms with van der Waals surface area (Å²) >= 11 is 1.38. The number of benzene rings is 1. The summed E-state index contributed by atoms with van der Waals surface area (Å²) in [6, 6.07) is 4.69. The van der Waals surface area contributed by atoms with Crippen molar-refractivity contribution < 1.29 is 19.5 Å². The van der Waals surface area contributed by atoms with Crippen molar-refractivity contribution in [1.29, 1.82) is 0 Å². The highest BCUT2D eigenvalue weighted by molar-refractivity contribution is 8.03. The summed E-state index contributed by atoms with van der Waals surface area (Å²) in [4.78, 5) is 40.3. The molecular weight excluding hydrogens is 380 g/mol. The molecule has 0 unspecified atom stereocenters. The topological polar surface area (TPSA) is 120 Å². The SMILES string of the molecule is C=N/C(C)=C(/CC)SCNC(=O)/C(=N/Nc1ccc(C)cc1C(=O)O)C(C)=O. The third kappa shape index (κ3) is 6.66. The highest BCUT2D eigenvalue weighted by Crippen LogP contribution is 2.22. The van der Waals surface area contributed by atoms with Crippen LogP contribution < -0.4 is 10.7 Å². The Kier molecular flexibility index (Phi) is 9.10. The molecule has 8 nitrogen and oxygen atoms in total. The molecule has 3 N–H and O–H groups in total. The molecule has 0 saturated carbocycles. The molecule has 0 aromatic heterocycles. The summed E-state index contributed by atoms with van der Waals surface area (Å²) in [5.74, 6) is -2.12. The van der Waals surface area contributed by atoms with Gasteiger partial charge in [-0.05, 0) is 39.1 Å². The molecule has 0 heterocycles. The van der Waals surface area contributed by atoms with Gasteiger partial charge in [0, 0.05) is 17.5 Å². The Balaban J connectivity index is 2.91. The van der Waals surface area contributed by atoms with E-state index in [-0.39, 0.29) is 22.8 Å². The minimum Gasteiger partial charge on any atom is -0.478 e. The average molecular weight is 404 g/mol. The molecule has 0 radical (unpaired) electrons. The number of carboxylic acid groups (broad SMARTS) is 1. The highest BCUT2D eigenvalue weighted by atomic mass is 32.2. The number of allylic oxidation sites excluding steroid dienone is 2. The third-order valence-corrected chi connectivity index (χ3v) is 4.90. The van der Waals surface area contributed by atoms with E-state index in [2.05, 4.69) is 27.6 Å². The fourth-order valence-corrected chi connectivity index (χ4v) is 3.02. The lowest BCUT2D eigenvalue weighted by Crippen LogP contribution is -2.35. The molecular formula is C19H24N4O4S. The number of carbonyl (C=O) groups excluding carboxylic acids is 2. The lowest BCUT2D eigenvalue weighted by molar-refractivity contribution is -0.117. The van der Waals surface area contributed by atoms with Gasteiger partial charge in [0.25, 0.3) is 5.91 Å². The number of hydrogen-bond donors (Lipinski definition) is 3. The zero-order valence-electron chi connectivity index (χ0n) is 16.3. The van der Waals surface area contributed by atoms with Crippen molar-refractivity contribution in [3.8, 4) is 0 Å². The van der Waals surface area contributed by atoms with E-state index in [0.29, 0.717) is 0 Å². The van der Waals surface area contributed by atoms with Gasteiger partial charge in [-0.3, -0.25) is 20.0 Å². The first-order valence-corrected chi connectivity index (χ1v) is 9.45. The van der Waals surface area contributed by atoms with Crippen LogP contribution in [0.15, 0.2) is 38.9 Å². The van der Waals surface area contributed by atoms with Gasteiger partial charge in [0.2, 0.25) is 0 Å². The largest absolute Gasteiger partial charge is 0.478 e. The van der Waals surface area contributed by atoms with Crippen molar-refractivity contribution in [2.24, 2.45) is 10.1 Å². The third-order valence-electron chi connectivity index (χ3n) is 3.68. The fraction of sp³-hybridized carbons (Fsp3) is 0.316. The number of carbonyl (C=O) groups is 3. The van der Waals surface area contributed by atoms with Gasteiger partial charge in [-0.25, -0.2) is 4.79 Å². The number of aliphatic imine (C=N–C) groups is 1. The molecule has 0 bridgehead atoms. The first kappa shape index (κ1) is 23.1. The zero-order chi connectivity index (χ0) is 21.3. The van der Waals surface area contributed by atoms with E-state index in [4.69, 9.17) is 0 Å². The summed E-state index contributed by atoms with van der Waals surface area (Å²) < 4.78 is 0. The van der Waals surface area contributed by atoms with Crippen molar-refractivity contribution in [3.05, 3.63) is 39.9 Å². The molecule has 0 aliphatic heterocycles. The normalized spacial score (nSPS) is 12.1. The summed E-state index contributed by atoms with van der Waals surface area (Å²) in [6.07, 6.45) is 0.742. The maximum Gasteiger partial charge on any atom is 0.337 e. The van der Waals surface area contributed by atoms with Crippen LogP contribution in [0, 0.1) is 6.92 Å². The number of rotatable bonds is 10. The van der Waals surface area contributed by atoms with Crippen LogP contribution in [0.5, 0.6) is 0 Å². The maximum absolute atomic E-state index is 12.3. The Bertz CT molecular complexity index is 846. The number of anilines is 1. The van der Waals surface area contributed by atoms with Gasteiger partial charge in [-0.2, -0.15) is 5.10 Å². The molecule has 0 saturated heterocycles. The number of thioether (sulfide) groups is 1. The highest BCUT2D eigenvalue weighted by Gasteiger charge is 2.18. The van der Waals surface area contributed by atoms with Crippen molar-refractivity contribution in [2.75, 3.05) is 11.3 Å². The summed E-state index contributed by atoms with van der Waals surface area (Å²) in [5, 5.41) is 15.7. The van der Waals surface area contributed by atoms with Crippen LogP contribution in [0.3, 0.4) is 0 Å². The Morgan fingerprint density at radius 1 is 1.25 bits per heavy atom. The quantitative estimate of drug-likeness (QED) is 0.238. The van der Waals surface area contributed by atoms with Crippen molar-refractivity contribution in [1.82, 2.24) is 5.32 Å². The van der Waals surface area contributed by atoms with Crippen LogP contribution in [0.1, 0.15) is 43.1 Å². The molecule has 0 spiro atoms. The van der Waals surface area contributed by atoms with Crippen LogP contribution in [0.25, 0.3) is 0 Å². The second kappa shape index (κ2) is 11.0. The first-order valence-electron chi connectivity index (χ1n) is 8.47. The average Bonchev–Trinajstić information content (AvgIpc) is 2.65. The molecule has 1 aromatic rings. The van der Waals surface area contributed by atoms with E-state index in [1.54, 1.807) is 13.0 Å². The fourth-order valence-electron chi connectivity index (χ4n) is 2.16. The van der Waals surface area contributed by atoms with E-state index in [0.717, 1.165) is 22.6 Å². The van der Waals surface area contributed by atoms with Crippen molar-refractivity contribution in [3.63, 3.8) is 0 Å². The zero-order valence-corrected chi connectivity index (χ0v) is 17.1. The van der Waals surface area contributed by atoms with Crippen molar-refractivity contribution in [2.45, 2.75) is 34.1 Å². The van der Waals surface area contributed by atoms with E-state index >= 15 is 0 Å². The van der Waals surface area contributed by atoms with E-state index in [1.165, 1.54) is 30.8 Å². The minimum absolute atomic E-state index is 0.00672. The van der Waals surface area contributed by atoms with Crippen LogP contribution in [0.4, 0.5) is 5.69 Å². The van der Waals surface area contributed by atoms with Crippen LogP contribution in [-0.4, -0.2) is 41.1 Å². The van der Waals surface area contributed by atoms with Gasteiger partial charge in [0.1, 0.15) is 0 Å². The van der Waals surface area contributed by atoms with Crippen LogP contribution >= 0.6 is 11.8 Å². The molecule has 0 atom stereocenters. The number of hydrogen-bond acceptors (Lipinski definition) is 7. The maximum atomic E-state index is 12.3. The van der Waals surface area contributed by atoms with Gasteiger partial charge < -0.3 is 10.4 Å². The summed E-state index contributed by atoms with van der Waals surface area (Å²) in [5.41, 5.74) is 3.88. The number of amides is 1. The van der Waals surface area contributed by atoms with Gasteiger partial charge in [0.05, 0.1) is 17.1 Å². The predicted molar refractivity (Wildman–Crippen MR) is 113 cm³/mol. The number of Topliss-reactive ketones (excluding diaryl/α,β-unsaturated/α-hetero) is 1. The molecule has 1 rings (SSSR count). The number of hydrazone groups is 1. The van der Waals surface area contributed by atoms with Gasteiger partial charge in [0.15, 0.2) is 11.5 Å². The number of aryl methyl sites for hydroxylation is 1. The Morgan fingerprint density at radius 2 is 1.93 bits per heavy atom. The van der Waals surface area contributed by atoms with Crippen LogP contribution in [-0.2, 0) is 9.59 Å². The minimum atomic E-state index is -1.14. The van der Waals surface area contributed by atoms with E-state index < -0.39 is 17.7 Å². The summed E-state index contributed by atoms with van der Waals surface area (Å²) in [6.45, 7) is 10.2. The lowest BCUT2D eigenvalue weighted by Gasteiger charge is -2.10. The van der Waals surface area contributed by atoms with E-state index in [9.17, 15) is 19.5 Å². The second-order valence-electron chi connectivity index (χ2n) is 5.80. The van der Waals surface area contributed by atoms with Gasteiger partial charge >= 0.3 is 5.97 Å². The van der Waals surface area contributed by atoms with Gasteiger partial charge in [-0.15, -0.1) is 11.8 Å². The molecule has 9 heteroatoms. The summed E-state index contributed by atoms with van der Waals surface area (Å²) in [7, 11) is 0. The molecule has 150 valence electrons. The Morgan fingerprint density at radius 3 is 2.46 bits per heavy atom. The standard InChI is InChI=1S/C19H24N4O4S/c1-6-16(12(3)20-5)28-10-21-18(25)17(13(4)24)23-22-15-8-7-11(2)9-14(15)19(26)27/h7-9,22H,5-6,10H2,1-4H3,(H,21,25)(H,26,27)/b16-12-,23-17+. The molecule has 1 aromatic carbocycles. The first-order chi connectivity index (χ1) is 13.2. The number of ketones is 1. The molecule has 1 amide bonds. The predicted octanol–water partition coefficient (Wildman–Crippen LogP) is 3.20. The lowest BCUT2D eigenvalue weighted by atomic mass is 10.1. The number of nitrogens with zero attached hydrogens (tertiary/aromatic N) is 2. The van der Waals surface area contributed by atoms with Crippen molar-refractivity contribution >= 4 is 47.5 Å². The number of nitrogens with one attached hydrogen (secondary N) is 2. The van der Waals surface area contributed by atoms with E-state index in [1.807, 2.05) is 13.8 Å². The molecule has 0 aliphatic carbocycles. The smallest absolute Gasteiger partial charge is 0.337 e. The number of aromatic carboxylic acids is 1. The Hall–Kier alpha value is -2.94. The molecule has 0 fully saturated rings. The molecule has 0 aliphatic rings. The number of carboxylic acids is 1. The van der Waals surface area contributed by atoms with Crippen LogP contribution in [0.2, 0.25) is 0 Å².